The zero-order valence-electron chi connectivity index (χ0n) is 8.83. The highest BCUT2D eigenvalue weighted by Crippen LogP contribution is 1.87. The molecule has 0 fully saturated rings. The fraction of sp³-hybridized carbons (Fsp3) is 0.400. The molecular formula is C10H16O4. The molecule has 4 nitrogen and oxygen atoms in total. The third-order valence-corrected chi connectivity index (χ3v) is 1.04. The zero-order chi connectivity index (χ0) is 11.6. The molecule has 4 heteroatoms. The van der Waals surface area contributed by atoms with E-state index in [1.54, 1.807) is 13.8 Å². The van der Waals surface area contributed by atoms with Gasteiger partial charge in [0.1, 0.15) is 0 Å². The highest BCUT2D eigenvalue weighted by Gasteiger charge is 1.95. The van der Waals surface area contributed by atoms with Crippen LogP contribution in [0.5, 0.6) is 0 Å². The minimum absolute atomic E-state index is 0.241. The summed E-state index contributed by atoms with van der Waals surface area (Å²) in [5, 5.41) is 0. The molecule has 0 unspecified atom stereocenters. The van der Waals surface area contributed by atoms with Gasteiger partial charge in [0.2, 0.25) is 0 Å². The summed E-state index contributed by atoms with van der Waals surface area (Å²) in [6, 6.07) is 0. The highest BCUT2D eigenvalue weighted by molar-refractivity contribution is 5.86. The Kier molecular flexibility index (Phi) is 10.1. The zero-order valence-corrected chi connectivity index (χ0v) is 8.83. The van der Waals surface area contributed by atoms with Gasteiger partial charge in [0.15, 0.2) is 0 Å². The number of rotatable bonds is 3. The lowest BCUT2D eigenvalue weighted by molar-refractivity contribution is -0.137. The molecule has 0 aromatic heterocycles. The maximum atomic E-state index is 10.2. The number of carbonyl (C=O) groups is 2. The monoisotopic (exact) mass is 200 g/mol. The van der Waals surface area contributed by atoms with Crippen LogP contribution in [0.1, 0.15) is 20.3 Å². The summed E-state index contributed by atoms with van der Waals surface area (Å²) < 4.78 is 8.59. The summed E-state index contributed by atoms with van der Waals surface area (Å²) in [6.45, 7) is 9.89. The van der Waals surface area contributed by atoms with Gasteiger partial charge < -0.3 is 9.47 Å². The maximum Gasteiger partial charge on any atom is 0.332 e. The number of hydrogen-bond donors (Lipinski definition) is 0. The smallest absolute Gasteiger partial charge is 0.332 e. The van der Waals surface area contributed by atoms with Crippen molar-refractivity contribution in [3.05, 3.63) is 25.0 Å². The lowest BCUT2D eigenvalue weighted by atomic mass is 10.4. The molecule has 0 radical (unpaired) electrons. The lowest BCUT2D eigenvalue weighted by Gasteiger charge is -1.91. The van der Waals surface area contributed by atoms with Crippen molar-refractivity contribution in [1.29, 1.82) is 0 Å². The van der Waals surface area contributed by atoms with E-state index in [0.717, 1.165) is 6.26 Å². The van der Waals surface area contributed by atoms with E-state index in [9.17, 15) is 9.59 Å². The average Bonchev–Trinajstić information content (AvgIpc) is 2.17. The van der Waals surface area contributed by atoms with Gasteiger partial charge in [-0.2, -0.15) is 0 Å². The van der Waals surface area contributed by atoms with Crippen LogP contribution < -0.4 is 0 Å². The number of esters is 2. The van der Waals surface area contributed by atoms with Crippen LogP contribution in [0.2, 0.25) is 0 Å². The molecule has 0 aliphatic heterocycles. The first-order valence-corrected chi connectivity index (χ1v) is 4.03. The Morgan fingerprint density at radius 2 is 1.93 bits per heavy atom. The summed E-state index contributed by atoms with van der Waals surface area (Å²) in [7, 11) is 1.33. The quantitative estimate of drug-likeness (QED) is 0.396. The molecule has 0 saturated heterocycles. The van der Waals surface area contributed by atoms with E-state index in [-0.39, 0.29) is 11.9 Å². The third-order valence-electron chi connectivity index (χ3n) is 1.04. The average molecular weight is 200 g/mol. The first-order valence-electron chi connectivity index (χ1n) is 4.03. The van der Waals surface area contributed by atoms with Crippen LogP contribution in [0, 0.1) is 0 Å². The van der Waals surface area contributed by atoms with Gasteiger partial charge in [-0.05, 0) is 6.92 Å². The molecule has 0 aromatic carbocycles. The molecule has 0 N–H and O–H groups in total. The van der Waals surface area contributed by atoms with E-state index in [4.69, 9.17) is 0 Å². The van der Waals surface area contributed by atoms with Crippen LogP contribution in [0.3, 0.4) is 0 Å². The number of methoxy groups -OCH3 is 1. The van der Waals surface area contributed by atoms with Crippen LogP contribution in [0.4, 0.5) is 0 Å². The van der Waals surface area contributed by atoms with Crippen molar-refractivity contribution >= 4 is 11.9 Å². The summed E-state index contributed by atoms with van der Waals surface area (Å²) >= 11 is 0. The normalized spacial score (nSPS) is 7.64. The summed E-state index contributed by atoms with van der Waals surface area (Å²) in [6.07, 6.45) is 1.54. The second-order valence-electron chi connectivity index (χ2n) is 2.28. The van der Waals surface area contributed by atoms with Crippen LogP contribution in [-0.2, 0) is 19.1 Å². The van der Waals surface area contributed by atoms with Crippen molar-refractivity contribution in [2.24, 2.45) is 0 Å². The van der Waals surface area contributed by atoms with Crippen molar-refractivity contribution < 1.29 is 19.1 Å². The molecule has 0 aliphatic carbocycles. The Balaban J connectivity index is 0. The van der Waals surface area contributed by atoms with E-state index in [1.807, 2.05) is 0 Å². The third kappa shape index (κ3) is 10.4. The fourth-order valence-corrected chi connectivity index (χ4v) is 0.351. The van der Waals surface area contributed by atoms with Crippen molar-refractivity contribution in [2.75, 3.05) is 7.11 Å². The number of hydrogen-bond acceptors (Lipinski definition) is 4. The maximum absolute atomic E-state index is 10.2. The molecule has 0 saturated carbocycles. The van der Waals surface area contributed by atoms with Crippen molar-refractivity contribution in [3.63, 3.8) is 0 Å². The van der Waals surface area contributed by atoms with Crippen LogP contribution in [-0.4, -0.2) is 19.0 Å². The van der Waals surface area contributed by atoms with E-state index in [0.29, 0.717) is 12.0 Å². The molecule has 0 aromatic rings. The molecule has 80 valence electrons. The SMILES string of the molecule is C=C(C)C(=O)OC.C=COC(=O)CC. The predicted octanol–water partition coefficient (Wildman–Crippen LogP) is 1.82. The Morgan fingerprint density at radius 1 is 1.43 bits per heavy atom. The topological polar surface area (TPSA) is 52.6 Å². The Hall–Kier alpha value is -1.58. The molecule has 0 bridgehead atoms. The van der Waals surface area contributed by atoms with Gasteiger partial charge >= 0.3 is 11.9 Å². The molecule has 0 spiro atoms. The van der Waals surface area contributed by atoms with Gasteiger partial charge in [0.25, 0.3) is 0 Å². The first kappa shape index (κ1) is 14.9. The minimum atomic E-state index is -0.347. The van der Waals surface area contributed by atoms with Crippen LogP contribution >= 0.6 is 0 Å². The van der Waals surface area contributed by atoms with Crippen LogP contribution in [0.25, 0.3) is 0 Å². The van der Waals surface area contributed by atoms with E-state index < -0.39 is 0 Å². The summed E-state index contributed by atoms with van der Waals surface area (Å²) in [5.41, 5.74) is 0.433. The predicted molar refractivity (Wildman–Crippen MR) is 53.4 cm³/mol. The van der Waals surface area contributed by atoms with Gasteiger partial charge in [-0.15, -0.1) is 0 Å². The molecule has 0 amide bonds. The standard InChI is InChI=1S/2C5H8O2/c1-4(2)5(6)7-3;1-3-5(6)7-4-2/h1H2,2-3H3;4H,2-3H2,1H3. The molecule has 0 heterocycles. The summed E-state index contributed by atoms with van der Waals surface area (Å²) in [4.78, 5) is 20.3. The second-order valence-corrected chi connectivity index (χ2v) is 2.28. The summed E-state index contributed by atoms with van der Waals surface area (Å²) in [5.74, 6) is -0.588. The molecule has 0 atom stereocenters. The highest BCUT2D eigenvalue weighted by atomic mass is 16.5. The van der Waals surface area contributed by atoms with E-state index in [2.05, 4.69) is 22.6 Å². The van der Waals surface area contributed by atoms with E-state index in [1.165, 1.54) is 7.11 Å². The van der Waals surface area contributed by atoms with E-state index >= 15 is 0 Å². The van der Waals surface area contributed by atoms with Crippen molar-refractivity contribution in [1.82, 2.24) is 0 Å². The van der Waals surface area contributed by atoms with Gasteiger partial charge in [-0.25, -0.2) is 4.79 Å². The molecule has 0 aliphatic rings. The van der Waals surface area contributed by atoms with Gasteiger partial charge in [-0.1, -0.05) is 20.1 Å². The Bertz CT molecular complexity index is 218. The molecule has 0 rings (SSSR count). The fourth-order valence-electron chi connectivity index (χ4n) is 0.351. The van der Waals surface area contributed by atoms with Crippen molar-refractivity contribution in [3.8, 4) is 0 Å². The lowest BCUT2D eigenvalue weighted by Crippen LogP contribution is -1.98. The number of carbonyl (C=O) groups excluding carboxylic acids is 2. The van der Waals surface area contributed by atoms with Gasteiger partial charge in [0.05, 0.1) is 13.4 Å². The van der Waals surface area contributed by atoms with Gasteiger partial charge in [-0.3, -0.25) is 4.79 Å². The number of ether oxygens (including phenoxy) is 2. The van der Waals surface area contributed by atoms with Gasteiger partial charge in [0, 0.05) is 12.0 Å². The van der Waals surface area contributed by atoms with Crippen LogP contribution in [0.15, 0.2) is 25.0 Å². The molecular weight excluding hydrogens is 184 g/mol. The minimum Gasteiger partial charge on any atom is -0.466 e. The largest absolute Gasteiger partial charge is 0.466 e. The second kappa shape index (κ2) is 9.51. The van der Waals surface area contributed by atoms with Crippen molar-refractivity contribution in [2.45, 2.75) is 20.3 Å². The Morgan fingerprint density at radius 3 is 2.00 bits per heavy atom. The first-order chi connectivity index (χ1) is 6.49. The molecule has 14 heavy (non-hydrogen) atoms. The Labute approximate surface area is 84.2 Å².